The maximum Gasteiger partial charge on any atom is 0.407 e. The van der Waals surface area contributed by atoms with Crippen molar-refractivity contribution in [3.63, 3.8) is 0 Å². The second kappa shape index (κ2) is 7.01. The fourth-order valence-electron chi connectivity index (χ4n) is 1.34. The van der Waals surface area contributed by atoms with Crippen molar-refractivity contribution in [3.8, 4) is 0 Å². The molecular weight excluding hydrogens is 284 g/mol. The van der Waals surface area contributed by atoms with Crippen LogP contribution in [-0.2, 0) is 9.47 Å². The van der Waals surface area contributed by atoms with Crippen LogP contribution in [0.4, 0.5) is 13.6 Å². The fraction of sp³-hybridized carbons (Fsp3) is 0.429. The van der Waals surface area contributed by atoms with Gasteiger partial charge in [-0.15, -0.1) is 0 Å². The Bertz CT molecular complexity index is 526. The summed E-state index contributed by atoms with van der Waals surface area (Å²) in [5.41, 5.74) is -1.13. The average Bonchev–Trinajstić information content (AvgIpc) is 2.35. The number of carbonyl (C=O) groups excluding carboxylic acids is 2. The normalized spacial score (nSPS) is 10.9. The summed E-state index contributed by atoms with van der Waals surface area (Å²) in [7, 11) is 0. The van der Waals surface area contributed by atoms with Crippen molar-refractivity contribution in [2.24, 2.45) is 0 Å². The molecular formula is C14H17F2NO4. The molecule has 0 saturated carbocycles. The van der Waals surface area contributed by atoms with Gasteiger partial charge in [0, 0.05) is 0 Å². The first kappa shape index (κ1) is 16.9. The van der Waals surface area contributed by atoms with Crippen LogP contribution >= 0.6 is 0 Å². The number of esters is 1. The number of hydrogen-bond donors (Lipinski definition) is 1. The molecule has 0 atom stereocenters. The lowest BCUT2D eigenvalue weighted by atomic mass is 10.2. The van der Waals surface area contributed by atoms with Gasteiger partial charge in [-0.2, -0.15) is 0 Å². The lowest BCUT2D eigenvalue weighted by Gasteiger charge is -2.19. The summed E-state index contributed by atoms with van der Waals surface area (Å²) in [5, 5.41) is 2.37. The van der Waals surface area contributed by atoms with Gasteiger partial charge in [0.2, 0.25) is 0 Å². The SMILES string of the molecule is CC(C)(C)OC(=O)NCCOC(=O)c1cc(F)ccc1F. The minimum Gasteiger partial charge on any atom is -0.460 e. The first-order valence-corrected chi connectivity index (χ1v) is 6.28. The van der Waals surface area contributed by atoms with Gasteiger partial charge in [-0.3, -0.25) is 0 Å². The van der Waals surface area contributed by atoms with Crippen molar-refractivity contribution < 1.29 is 27.8 Å². The maximum absolute atomic E-state index is 13.3. The molecule has 0 bridgehead atoms. The van der Waals surface area contributed by atoms with Gasteiger partial charge in [0.1, 0.15) is 23.8 Å². The molecule has 0 aliphatic rings. The Morgan fingerprint density at radius 3 is 2.52 bits per heavy atom. The van der Waals surface area contributed by atoms with Crippen LogP contribution in [0.25, 0.3) is 0 Å². The predicted octanol–water partition coefficient (Wildman–Crippen LogP) is 2.65. The van der Waals surface area contributed by atoms with E-state index in [0.29, 0.717) is 0 Å². The average molecular weight is 301 g/mol. The number of rotatable bonds is 4. The van der Waals surface area contributed by atoms with Crippen LogP contribution in [0.3, 0.4) is 0 Å². The molecule has 0 saturated heterocycles. The van der Waals surface area contributed by atoms with E-state index in [4.69, 9.17) is 9.47 Å². The number of amides is 1. The Balaban J connectivity index is 2.38. The molecule has 0 unspecified atom stereocenters. The molecule has 1 aromatic rings. The topological polar surface area (TPSA) is 64.6 Å². The van der Waals surface area contributed by atoms with E-state index in [2.05, 4.69) is 5.32 Å². The van der Waals surface area contributed by atoms with Crippen LogP contribution in [0, 0.1) is 11.6 Å². The molecule has 0 aliphatic carbocycles. The molecule has 116 valence electrons. The largest absolute Gasteiger partial charge is 0.460 e. The molecule has 5 nitrogen and oxygen atoms in total. The van der Waals surface area contributed by atoms with Gasteiger partial charge in [0.15, 0.2) is 0 Å². The van der Waals surface area contributed by atoms with E-state index in [0.717, 1.165) is 18.2 Å². The van der Waals surface area contributed by atoms with E-state index in [-0.39, 0.29) is 13.2 Å². The van der Waals surface area contributed by atoms with Crippen LogP contribution in [0.15, 0.2) is 18.2 Å². The molecule has 1 aromatic carbocycles. The van der Waals surface area contributed by atoms with Crippen LogP contribution in [-0.4, -0.2) is 30.8 Å². The van der Waals surface area contributed by atoms with Crippen LogP contribution < -0.4 is 5.32 Å². The summed E-state index contributed by atoms with van der Waals surface area (Å²) in [6, 6.07) is 2.49. The smallest absolute Gasteiger partial charge is 0.407 e. The molecule has 1 N–H and O–H groups in total. The summed E-state index contributed by atoms with van der Waals surface area (Å²) in [6.07, 6.45) is -0.657. The Morgan fingerprint density at radius 1 is 1.24 bits per heavy atom. The lowest BCUT2D eigenvalue weighted by molar-refractivity contribution is 0.0430. The highest BCUT2D eigenvalue weighted by Crippen LogP contribution is 2.11. The van der Waals surface area contributed by atoms with Crippen LogP contribution in [0.5, 0.6) is 0 Å². The Morgan fingerprint density at radius 2 is 1.90 bits per heavy atom. The van der Waals surface area contributed by atoms with Crippen molar-refractivity contribution in [1.82, 2.24) is 5.32 Å². The van der Waals surface area contributed by atoms with Crippen molar-refractivity contribution >= 4 is 12.1 Å². The standard InChI is InChI=1S/C14H17F2NO4/c1-14(2,3)21-13(19)17-6-7-20-12(18)10-8-9(15)4-5-11(10)16/h4-5,8H,6-7H2,1-3H3,(H,17,19). The maximum atomic E-state index is 13.3. The van der Waals surface area contributed by atoms with E-state index >= 15 is 0 Å². The molecule has 0 aliphatic heterocycles. The Kier molecular flexibility index (Phi) is 5.63. The fourth-order valence-corrected chi connectivity index (χ4v) is 1.34. The van der Waals surface area contributed by atoms with Gasteiger partial charge in [0.05, 0.1) is 12.1 Å². The number of halogens is 2. The van der Waals surface area contributed by atoms with E-state index in [1.165, 1.54) is 0 Å². The molecule has 1 rings (SSSR count). The van der Waals surface area contributed by atoms with Crippen molar-refractivity contribution in [3.05, 3.63) is 35.4 Å². The first-order valence-electron chi connectivity index (χ1n) is 6.28. The third-order valence-corrected chi connectivity index (χ3v) is 2.15. The Labute approximate surface area is 121 Å². The zero-order valence-electron chi connectivity index (χ0n) is 12.0. The molecule has 7 heteroatoms. The lowest BCUT2D eigenvalue weighted by Crippen LogP contribution is -2.34. The van der Waals surface area contributed by atoms with E-state index in [9.17, 15) is 18.4 Å². The third-order valence-electron chi connectivity index (χ3n) is 2.15. The highest BCUT2D eigenvalue weighted by molar-refractivity contribution is 5.89. The monoisotopic (exact) mass is 301 g/mol. The molecule has 0 fully saturated rings. The summed E-state index contributed by atoms with van der Waals surface area (Å²) >= 11 is 0. The highest BCUT2D eigenvalue weighted by Gasteiger charge is 2.16. The van der Waals surface area contributed by atoms with Crippen LogP contribution in [0.1, 0.15) is 31.1 Å². The summed E-state index contributed by atoms with van der Waals surface area (Å²) < 4.78 is 35.9. The minimum atomic E-state index is -1.00. The summed E-state index contributed by atoms with van der Waals surface area (Å²) in [6.45, 7) is 4.93. The first-order chi connectivity index (χ1) is 9.69. The zero-order valence-corrected chi connectivity index (χ0v) is 12.0. The molecule has 0 aromatic heterocycles. The van der Waals surface area contributed by atoms with Gasteiger partial charge in [0.25, 0.3) is 0 Å². The molecule has 0 radical (unpaired) electrons. The van der Waals surface area contributed by atoms with Crippen molar-refractivity contribution in [2.75, 3.05) is 13.2 Å². The Hall–Kier alpha value is -2.18. The number of ether oxygens (including phenoxy) is 2. The predicted molar refractivity (Wildman–Crippen MR) is 70.9 cm³/mol. The second-order valence-corrected chi connectivity index (χ2v) is 5.19. The van der Waals surface area contributed by atoms with E-state index in [1.54, 1.807) is 20.8 Å². The van der Waals surface area contributed by atoms with Gasteiger partial charge < -0.3 is 14.8 Å². The summed E-state index contributed by atoms with van der Waals surface area (Å²) in [4.78, 5) is 22.8. The van der Waals surface area contributed by atoms with E-state index in [1.807, 2.05) is 0 Å². The number of nitrogens with one attached hydrogen (secondary N) is 1. The molecule has 21 heavy (non-hydrogen) atoms. The molecule has 0 heterocycles. The minimum absolute atomic E-state index is 0.00239. The summed E-state index contributed by atoms with van der Waals surface area (Å²) in [5.74, 6) is -2.62. The number of carbonyl (C=O) groups is 2. The van der Waals surface area contributed by atoms with Crippen molar-refractivity contribution in [2.45, 2.75) is 26.4 Å². The molecule has 0 spiro atoms. The number of hydrogen-bond acceptors (Lipinski definition) is 4. The van der Waals surface area contributed by atoms with Gasteiger partial charge in [-0.25, -0.2) is 18.4 Å². The zero-order chi connectivity index (χ0) is 16.0. The van der Waals surface area contributed by atoms with Gasteiger partial charge in [-0.05, 0) is 39.0 Å². The second-order valence-electron chi connectivity index (χ2n) is 5.19. The van der Waals surface area contributed by atoms with Crippen LogP contribution in [0.2, 0.25) is 0 Å². The van der Waals surface area contributed by atoms with E-state index < -0.39 is 34.9 Å². The quantitative estimate of drug-likeness (QED) is 0.686. The van der Waals surface area contributed by atoms with Gasteiger partial charge >= 0.3 is 12.1 Å². The van der Waals surface area contributed by atoms with Gasteiger partial charge in [-0.1, -0.05) is 0 Å². The number of benzene rings is 1. The molecule has 1 amide bonds. The van der Waals surface area contributed by atoms with Crippen molar-refractivity contribution in [1.29, 1.82) is 0 Å². The number of alkyl carbamates (subject to hydrolysis) is 1. The highest BCUT2D eigenvalue weighted by atomic mass is 19.1. The third kappa shape index (κ3) is 6.20.